The molecular formula is C24H39N5O. The Morgan fingerprint density at radius 3 is 2.60 bits per heavy atom. The molecule has 1 aromatic rings. The third-order valence-electron chi connectivity index (χ3n) is 6.04. The van der Waals surface area contributed by atoms with Gasteiger partial charge in [-0.25, -0.2) is 4.99 Å². The van der Waals surface area contributed by atoms with Gasteiger partial charge in [0.1, 0.15) is 0 Å². The van der Waals surface area contributed by atoms with Crippen LogP contribution in [0.5, 0.6) is 0 Å². The number of carbonyl (C=O) groups excluding carboxylic acids is 1. The minimum atomic E-state index is 0.238. The molecule has 2 N–H and O–H groups in total. The number of benzene rings is 1. The Morgan fingerprint density at radius 2 is 1.87 bits per heavy atom. The Balaban J connectivity index is 1.56. The summed E-state index contributed by atoms with van der Waals surface area (Å²) in [6, 6.07) is 9.13. The van der Waals surface area contributed by atoms with Crippen LogP contribution in [0.15, 0.2) is 29.3 Å². The van der Waals surface area contributed by atoms with Gasteiger partial charge in [0.05, 0.1) is 6.54 Å². The standard InChI is InChI=1S/C24H39N5O/c1-3-23(30)29-15-12-22(19-29)27-24(25-4-2)26-17-20-10-9-11-21(16-20)18-28-13-7-5-6-8-14-28/h9-11,16,22H,3-8,12-15,17-19H2,1-2H3,(H2,25,26,27). The molecule has 2 fully saturated rings. The van der Waals surface area contributed by atoms with Crippen LogP contribution < -0.4 is 10.6 Å². The number of amides is 1. The molecule has 1 atom stereocenters. The fourth-order valence-corrected chi connectivity index (χ4v) is 4.39. The zero-order chi connectivity index (χ0) is 21.2. The van der Waals surface area contributed by atoms with Crippen molar-refractivity contribution in [1.29, 1.82) is 0 Å². The van der Waals surface area contributed by atoms with E-state index in [2.05, 4.69) is 46.7 Å². The summed E-state index contributed by atoms with van der Waals surface area (Å²) in [6.45, 7) is 10.6. The van der Waals surface area contributed by atoms with Crippen molar-refractivity contribution in [2.75, 3.05) is 32.7 Å². The Morgan fingerprint density at radius 1 is 1.10 bits per heavy atom. The molecule has 6 heteroatoms. The molecule has 1 unspecified atom stereocenters. The number of nitrogens with one attached hydrogen (secondary N) is 2. The number of carbonyl (C=O) groups is 1. The van der Waals surface area contributed by atoms with Crippen LogP contribution in [-0.2, 0) is 17.9 Å². The largest absolute Gasteiger partial charge is 0.357 e. The quantitative estimate of drug-likeness (QED) is 0.533. The van der Waals surface area contributed by atoms with Crippen molar-refractivity contribution in [1.82, 2.24) is 20.4 Å². The van der Waals surface area contributed by atoms with E-state index < -0.39 is 0 Å². The summed E-state index contributed by atoms with van der Waals surface area (Å²) in [5.74, 6) is 1.08. The molecule has 30 heavy (non-hydrogen) atoms. The highest BCUT2D eigenvalue weighted by molar-refractivity contribution is 5.80. The van der Waals surface area contributed by atoms with Gasteiger partial charge in [-0.2, -0.15) is 0 Å². The lowest BCUT2D eigenvalue weighted by molar-refractivity contribution is -0.129. The number of hydrogen-bond donors (Lipinski definition) is 2. The molecule has 166 valence electrons. The van der Waals surface area contributed by atoms with Crippen molar-refractivity contribution in [3.05, 3.63) is 35.4 Å². The molecule has 1 aromatic carbocycles. The highest BCUT2D eigenvalue weighted by atomic mass is 16.2. The first kappa shape index (κ1) is 22.6. The third kappa shape index (κ3) is 7.01. The van der Waals surface area contributed by atoms with Crippen LogP contribution in [-0.4, -0.2) is 60.4 Å². The van der Waals surface area contributed by atoms with Crippen molar-refractivity contribution < 1.29 is 4.79 Å². The first-order valence-corrected chi connectivity index (χ1v) is 11.8. The number of likely N-dealkylation sites (tertiary alicyclic amines) is 2. The molecule has 6 nitrogen and oxygen atoms in total. The molecule has 0 aliphatic carbocycles. The average molecular weight is 414 g/mol. The van der Waals surface area contributed by atoms with Crippen molar-refractivity contribution in [2.45, 2.75) is 71.5 Å². The number of aliphatic imine (C=N–C) groups is 1. The Labute approximate surface area is 182 Å². The Hall–Kier alpha value is -2.08. The molecule has 0 saturated carbocycles. The highest BCUT2D eigenvalue weighted by Crippen LogP contribution is 2.15. The molecule has 3 rings (SSSR count). The molecular weight excluding hydrogens is 374 g/mol. The maximum absolute atomic E-state index is 11.9. The van der Waals surface area contributed by atoms with Crippen molar-refractivity contribution in [3.63, 3.8) is 0 Å². The fraction of sp³-hybridized carbons (Fsp3) is 0.667. The lowest BCUT2D eigenvalue weighted by Crippen LogP contribution is -2.45. The van der Waals surface area contributed by atoms with E-state index in [-0.39, 0.29) is 11.9 Å². The second-order valence-electron chi connectivity index (χ2n) is 8.53. The molecule has 0 radical (unpaired) electrons. The zero-order valence-electron chi connectivity index (χ0n) is 18.8. The lowest BCUT2D eigenvalue weighted by Gasteiger charge is -2.20. The highest BCUT2D eigenvalue weighted by Gasteiger charge is 2.25. The van der Waals surface area contributed by atoms with Crippen molar-refractivity contribution in [2.24, 2.45) is 4.99 Å². The van der Waals surface area contributed by atoms with Gasteiger partial charge in [0.15, 0.2) is 5.96 Å². The number of nitrogens with zero attached hydrogens (tertiary/aromatic N) is 3. The van der Waals surface area contributed by atoms with E-state index in [0.717, 1.165) is 38.6 Å². The normalized spacial score (nSPS) is 20.8. The molecule has 1 amide bonds. The topological polar surface area (TPSA) is 60.0 Å². The van der Waals surface area contributed by atoms with E-state index >= 15 is 0 Å². The summed E-state index contributed by atoms with van der Waals surface area (Å²) < 4.78 is 0. The smallest absolute Gasteiger partial charge is 0.222 e. The molecule has 2 aliphatic heterocycles. The maximum Gasteiger partial charge on any atom is 0.222 e. The Bertz CT molecular complexity index is 697. The van der Waals surface area contributed by atoms with Crippen LogP contribution in [0.1, 0.15) is 63.5 Å². The van der Waals surface area contributed by atoms with Gasteiger partial charge in [-0.3, -0.25) is 9.69 Å². The van der Waals surface area contributed by atoms with E-state index in [9.17, 15) is 4.79 Å². The van der Waals surface area contributed by atoms with E-state index in [0.29, 0.717) is 13.0 Å². The van der Waals surface area contributed by atoms with Gasteiger partial charge in [0.2, 0.25) is 5.91 Å². The van der Waals surface area contributed by atoms with Gasteiger partial charge >= 0.3 is 0 Å². The minimum absolute atomic E-state index is 0.238. The number of rotatable bonds is 7. The van der Waals surface area contributed by atoms with Gasteiger partial charge < -0.3 is 15.5 Å². The maximum atomic E-state index is 11.9. The van der Waals surface area contributed by atoms with E-state index in [1.807, 2.05) is 11.8 Å². The summed E-state index contributed by atoms with van der Waals surface area (Å²) in [4.78, 5) is 21.3. The molecule has 0 bridgehead atoms. The number of guanidine groups is 1. The summed E-state index contributed by atoms with van der Waals surface area (Å²) >= 11 is 0. The van der Waals surface area contributed by atoms with Crippen LogP contribution >= 0.6 is 0 Å². The van der Waals surface area contributed by atoms with Gasteiger partial charge in [0.25, 0.3) is 0 Å². The summed E-state index contributed by atoms with van der Waals surface area (Å²) in [5, 5.41) is 6.87. The predicted octanol–water partition coefficient (Wildman–Crippen LogP) is 3.13. The van der Waals surface area contributed by atoms with E-state index in [1.165, 1.54) is 49.9 Å². The molecule has 0 aromatic heterocycles. The zero-order valence-corrected chi connectivity index (χ0v) is 18.8. The Kier molecular flexibility index (Phi) is 9.00. The molecule has 0 spiro atoms. The lowest BCUT2D eigenvalue weighted by atomic mass is 10.1. The summed E-state index contributed by atoms with van der Waals surface area (Å²) in [5.41, 5.74) is 2.63. The van der Waals surface area contributed by atoms with Crippen LogP contribution in [0.4, 0.5) is 0 Å². The predicted molar refractivity (Wildman–Crippen MR) is 123 cm³/mol. The fourth-order valence-electron chi connectivity index (χ4n) is 4.39. The SMILES string of the molecule is CCNC(=NCc1cccc(CN2CCCCCC2)c1)NC1CCN(C(=O)CC)C1. The first-order valence-electron chi connectivity index (χ1n) is 11.8. The van der Waals surface area contributed by atoms with E-state index in [1.54, 1.807) is 0 Å². The second-order valence-corrected chi connectivity index (χ2v) is 8.53. The third-order valence-corrected chi connectivity index (χ3v) is 6.04. The van der Waals surface area contributed by atoms with Gasteiger partial charge in [0, 0.05) is 38.6 Å². The average Bonchev–Trinajstić information content (AvgIpc) is 3.07. The van der Waals surface area contributed by atoms with Gasteiger partial charge in [-0.1, -0.05) is 44.0 Å². The second kappa shape index (κ2) is 11.9. The molecule has 2 saturated heterocycles. The van der Waals surface area contributed by atoms with Crippen LogP contribution in [0.25, 0.3) is 0 Å². The minimum Gasteiger partial charge on any atom is -0.357 e. The summed E-state index contributed by atoms with van der Waals surface area (Å²) in [6.07, 6.45) is 6.94. The van der Waals surface area contributed by atoms with Crippen molar-refractivity contribution >= 4 is 11.9 Å². The number of hydrogen-bond acceptors (Lipinski definition) is 3. The first-order chi connectivity index (χ1) is 14.7. The van der Waals surface area contributed by atoms with Crippen molar-refractivity contribution in [3.8, 4) is 0 Å². The van der Waals surface area contributed by atoms with Gasteiger partial charge in [-0.05, 0) is 50.4 Å². The van der Waals surface area contributed by atoms with Crippen LogP contribution in [0.3, 0.4) is 0 Å². The van der Waals surface area contributed by atoms with Crippen LogP contribution in [0.2, 0.25) is 0 Å². The molecule has 2 heterocycles. The molecule has 2 aliphatic rings. The monoisotopic (exact) mass is 413 g/mol. The van der Waals surface area contributed by atoms with Gasteiger partial charge in [-0.15, -0.1) is 0 Å². The van der Waals surface area contributed by atoms with E-state index in [4.69, 9.17) is 4.99 Å². The van der Waals surface area contributed by atoms with Crippen LogP contribution in [0, 0.1) is 0 Å². The summed E-state index contributed by atoms with van der Waals surface area (Å²) in [7, 11) is 0.